The van der Waals surface area contributed by atoms with Gasteiger partial charge in [0.15, 0.2) is 0 Å². The highest BCUT2D eigenvalue weighted by Crippen LogP contribution is 2.29. The molecule has 0 saturated heterocycles. The first kappa shape index (κ1) is 10.3. The van der Waals surface area contributed by atoms with E-state index in [-0.39, 0.29) is 0 Å². The number of rotatable bonds is 5. The zero-order chi connectivity index (χ0) is 10.7. The quantitative estimate of drug-likeness (QED) is 0.805. The van der Waals surface area contributed by atoms with Crippen LogP contribution in [0.2, 0.25) is 0 Å². The summed E-state index contributed by atoms with van der Waals surface area (Å²) < 4.78 is 3.81. The van der Waals surface area contributed by atoms with Crippen molar-refractivity contribution >= 4 is 16.5 Å². The molecule has 2 N–H and O–H groups in total. The number of nitrogens with zero attached hydrogens (tertiary/aromatic N) is 4. The number of nitriles is 1. The molecule has 1 aromatic heterocycles. The van der Waals surface area contributed by atoms with Crippen LogP contribution in [0.4, 0.5) is 5.00 Å². The molecule has 15 heavy (non-hydrogen) atoms. The summed E-state index contributed by atoms with van der Waals surface area (Å²) in [5.41, 5.74) is 6.59. The predicted molar refractivity (Wildman–Crippen MR) is 58.0 cm³/mol. The third-order valence-corrected chi connectivity index (χ3v) is 3.11. The van der Waals surface area contributed by atoms with Crippen LogP contribution in [0, 0.1) is 11.3 Å². The molecule has 0 aromatic carbocycles. The normalized spacial score (nSPS) is 15.5. The number of hydrogen-bond acceptors (Lipinski definition) is 6. The molecule has 0 spiro atoms. The second kappa shape index (κ2) is 4.55. The zero-order valence-electron chi connectivity index (χ0n) is 8.39. The molecule has 80 valence electrons. The van der Waals surface area contributed by atoms with E-state index >= 15 is 0 Å². The minimum atomic E-state index is 0.563. The second-order valence-electron chi connectivity index (χ2n) is 3.69. The standard InChI is InChI=1S/C9H13N5S/c10-4-1-5-14(7-2-3-7)6-8-9(11)15-13-12-8/h7H,1-3,5-6,11H2. The number of aromatic nitrogens is 2. The van der Waals surface area contributed by atoms with Gasteiger partial charge in [0.1, 0.15) is 10.7 Å². The Hall–Kier alpha value is -1.19. The van der Waals surface area contributed by atoms with Gasteiger partial charge in [0.05, 0.1) is 6.07 Å². The second-order valence-corrected chi connectivity index (χ2v) is 4.48. The monoisotopic (exact) mass is 223 g/mol. The molecular formula is C9H13N5S. The van der Waals surface area contributed by atoms with Gasteiger partial charge in [0.2, 0.25) is 0 Å². The Morgan fingerprint density at radius 1 is 1.60 bits per heavy atom. The Bertz CT molecular complexity index is 365. The van der Waals surface area contributed by atoms with E-state index < -0.39 is 0 Å². The summed E-state index contributed by atoms with van der Waals surface area (Å²) in [6, 6.07) is 2.79. The molecule has 0 bridgehead atoms. The van der Waals surface area contributed by atoms with Crippen molar-refractivity contribution in [2.45, 2.75) is 31.8 Å². The van der Waals surface area contributed by atoms with E-state index in [1.54, 1.807) is 0 Å². The van der Waals surface area contributed by atoms with Crippen LogP contribution in [0.15, 0.2) is 0 Å². The van der Waals surface area contributed by atoms with Crippen molar-refractivity contribution in [3.8, 4) is 6.07 Å². The van der Waals surface area contributed by atoms with Crippen LogP contribution in [-0.4, -0.2) is 27.1 Å². The smallest absolute Gasteiger partial charge is 0.132 e. The molecule has 0 aliphatic heterocycles. The summed E-state index contributed by atoms with van der Waals surface area (Å²) in [7, 11) is 0. The van der Waals surface area contributed by atoms with Gasteiger partial charge in [0.25, 0.3) is 0 Å². The van der Waals surface area contributed by atoms with Gasteiger partial charge in [-0.05, 0) is 12.8 Å². The van der Waals surface area contributed by atoms with Crippen LogP contribution in [0.5, 0.6) is 0 Å². The number of hydrogen-bond donors (Lipinski definition) is 1. The van der Waals surface area contributed by atoms with Crippen molar-refractivity contribution in [3.05, 3.63) is 5.69 Å². The largest absolute Gasteiger partial charge is 0.388 e. The van der Waals surface area contributed by atoms with Crippen LogP contribution in [0.3, 0.4) is 0 Å². The van der Waals surface area contributed by atoms with Gasteiger partial charge in [0, 0.05) is 37.1 Å². The Morgan fingerprint density at radius 2 is 2.40 bits per heavy atom. The molecule has 5 nitrogen and oxygen atoms in total. The highest BCUT2D eigenvalue weighted by molar-refractivity contribution is 7.09. The van der Waals surface area contributed by atoms with Crippen LogP contribution >= 0.6 is 11.5 Å². The lowest BCUT2D eigenvalue weighted by atomic mass is 10.3. The van der Waals surface area contributed by atoms with Gasteiger partial charge >= 0.3 is 0 Å². The first-order valence-corrected chi connectivity index (χ1v) is 5.76. The lowest BCUT2D eigenvalue weighted by Crippen LogP contribution is -2.27. The summed E-state index contributed by atoms with van der Waals surface area (Å²) >= 11 is 1.23. The Labute approximate surface area is 92.7 Å². The summed E-state index contributed by atoms with van der Waals surface area (Å²) in [5.74, 6) is 0. The first-order valence-electron chi connectivity index (χ1n) is 4.99. The maximum atomic E-state index is 8.57. The molecule has 1 heterocycles. The fourth-order valence-corrected chi connectivity index (χ4v) is 1.98. The maximum Gasteiger partial charge on any atom is 0.132 e. The Morgan fingerprint density at radius 3 is 2.93 bits per heavy atom. The summed E-state index contributed by atoms with van der Waals surface area (Å²) in [6.45, 7) is 1.53. The topological polar surface area (TPSA) is 78.8 Å². The van der Waals surface area contributed by atoms with Gasteiger partial charge in [-0.25, -0.2) is 0 Å². The molecule has 1 saturated carbocycles. The highest BCUT2D eigenvalue weighted by atomic mass is 32.1. The molecule has 0 unspecified atom stereocenters. The van der Waals surface area contributed by atoms with Crippen molar-refractivity contribution in [2.75, 3.05) is 12.3 Å². The van der Waals surface area contributed by atoms with E-state index in [0.717, 1.165) is 18.8 Å². The van der Waals surface area contributed by atoms with Gasteiger partial charge in [-0.3, -0.25) is 4.90 Å². The average molecular weight is 223 g/mol. The Balaban J connectivity index is 1.94. The van der Waals surface area contributed by atoms with E-state index in [9.17, 15) is 0 Å². The van der Waals surface area contributed by atoms with E-state index in [0.29, 0.717) is 17.5 Å². The molecule has 1 aromatic rings. The van der Waals surface area contributed by atoms with Crippen molar-refractivity contribution < 1.29 is 0 Å². The predicted octanol–water partition coefficient (Wildman–Crippen LogP) is 0.998. The van der Waals surface area contributed by atoms with E-state index in [1.807, 2.05) is 0 Å². The number of nitrogens with two attached hydrogens (primary N) is 1. The molecular weight excluding hydrogens is 210 g/mol. The SMILES string of the molecule is N#CCCN(Cc1nnsc1N)C1CC1. The molecule has 6 heteroatoms. The van der Waals surface area contributed by atoms with Crippen LogP contribution in [0.1, 0.15) is 25.0 Å². The van der Waals surface area contributed by atoms with Crippen molar-refractivity contribution in [3.63, 3.8) is 0 Å². The molecule has 1 aliphatic rings. The van der Waals surface area contributed by atoms with Gasteiger partial charge in [-0.1, -0.05) is 4.49 Å². The van der Waals surface area contributed by atoms with E-state index in [2.05, 4.69) is 20.6 Å². The van der Waals surface area contributed by atoms with Crippen LogP contribution in [-0.2, 0) is 6.54 Å². The van der Waals surface area contributed by atoms with Crippen molar-refractivity contribution in [1.29, 1.82) is 5.26 Å². The molecule has 1 aliphatic carbocycles. The fourth-order valence-electron chi connectivity index (χ4n) is 1.54. The fraction of sp³-hybridized carbons (Fsp3) is 0.667. The van der Waals surface area contributed by atoms with Gasteiger partial charge < -0.3 is 5.73 Å². The van der Waals surface area contributed by atoms with Crippen LogP contribution in [0.25, 0.3) is 0 Å². The summed E-state index contributed by atoms with van der Waals surface area (Å²) in [6.07, 6.45) is 3.01. The lowest BCUT2D eigenvalue weighted by molar-refractivity contribution is 0.258. The molecule has 1 fully saturated rings. The van der Waals surface area contributed by atoms with E-state index in [4.69, 9.17) is 11.0 Å². The number of nitrogen functional groups attached to an aromatic ring is 1. The highest BCUT2D eigenvalue weighted by Gasteiger charge is 2.29. The number of anilines is 1. The third kappa shape index (κ3) is 2.64. The average Bonchev–Trinajstić information content (AvgIpc) is 2.99. The van der Waals surface area contributed by atoms with Gasteiger partial charge in [-0.15, -0.1) is 5.10 Å². The molecule has 0 atom stereocenters. The zero-order valence-corrected chi connectivity index (χ0v) is 9.20. The lowest BCUT2D eigenvalue weighted by Gasteiger charge is -2.19. The van der Waals surface area contributed by atoms with Crippen LogP contribution < -0.4 is 5.73 Å². The van der Waals surface area contributed by atoms with E-state index in [1.165, 1.54) is 24.4 Å². The van der Waals surface area contributed by atoms with Gasteiger partial charge in [-0.2, -0.15) is 5.26 Å². The summed E-state index contributed by atoms with van der Waals surface area (Å²) in [5, 5.41) is 13.3. The minimum Gasteiger partial charge on any atom is -0.388 e. The van der Waals surface area contributed by atoms with Crippen molar-refractivity contribution in [1.82, 2.24) is 14.5 Å². The molecule has 0 amide bonds. The minimum absolute atomic E-state index is 0.563. The third-order valence-electron chi connectivity index (χ3n) is 2.51. The first-order chi connectivity index (χ1) is 7.31. The molecule has 2 rings (SSSR count). The molecule has 0 radical (unpaired) electrons. The maximum absolute atomic E-state index is 8.57. The van der Waals surface area contributed by atoms with Crippen molar-refractivity contribution in [2.24, 2.45) is 0 Å². The summed E-state index contributed by atoms with van der Waals surface area (Å²) in [4.78, 5) is 2.27. The Kier molecular flexibility index (Phi) is 3.14.